The molecule has 17 heavy (non-hydrogen) atoms. The zero-order valence-corrected chi connectivity index (χ0v) is 11.0. The SMILES string of the molecule is CC1(C)CCC(C#N)CN1c1ccccc1Cl. The molecule has 0 aromatic heterocycles. The number of nitrogens with zero attached hydrogens (tertiary/aromatic N) is 2. The highest BCUT2D eigenvalue weighted by molar-refractivity contribution is 6.33. The van der Waals surface area contributed by atoms with Crippen molar-refractivity contribution in [2.24, 2.45) is 5.92 Å². The first kappa shape index (κ1) is 12.3. The highest BCUT2D eigenvalue weighted by Crippen LogP contribution is 2.37. The van der Waals surface area contributed by atoms with Crippen molar-refractivity contribution in [2.45, 2.75) is 32.2 Å². The van der Waals surface area contributed by atoms with Crippen LogP contribution in [0.4, 0.5) is 5.69 Å². The molecule has 3 heteroatoms. The van der Waals surface area contributed by atoms with Gasteiger partial charge in [-0.1, -0.05) is 23.7 Å². The Morgan fingerprint density at radius 1 is 1.41 bits per heavy atom. The molecule has 90 valence electrons. The minimum Gasteiger partial charge on any atom is -0.364 e. The van der Waals surface area contributed by atoms with Gasteiger partial charge in [-0.25, -0.2) is 0 Å². The quantitative estimate of drug-likeness (QED) is 0.755. The summed E-state index contributed by atoms with van der Waals surface area (Å²) >= 11 is 6.25. The van der Waals surface area contributed by atoms with Crippen LogP contribution in [0.25, 0.3) is 0 Å². The molecule has 1 aromatic carbocycles. The second-order valence-electron chi connectivity index (χ2n) is 5.24. The summed E-state index contributed by atoms with van der Waals surface area (Å²) in [6.45, 7) is 5.20. The molecule has 1 aromatic rings. The molecule has 1 fully saturated rings. The number of piperidine rings is 1. The van der Waals surface area contributed by atoms with Gasteiger partial charge in [-0.05, 0) is 38.8 Å². The summed E-state index contributed by atoms with van der Waals surface area (Å²) in [4.78, 5) is 2.27. The van der Waals surface area contributed by atoms with Crippen LogP contribution in [0.3, 0.4) is 0 Å². The average Bonchev–Trinajstić information content (AvgIpc) is 2.30. The molecule has 1 aliphatic rings. The fourth-order valence-corrected chi connectivity index (χ4v) is 2.66. The topological polar surface area (TPSA) is 27.0 Å². The van der Waals surface area contributed by atoms with Crippen molar-refractivity contribution in [1.29, 1.82) is 5.26 Å². The van der Waals surface area contributed by atoms with Crippen LogP contribution >= 0.6 is 11.6 Å². The average molecular weight is 249 g/mol. The standard InChI is InChI=1S/C14H17ClN2/c1-14(2)8-7-11(9-16)10-17(14)13-6-4-3-5-12(13)15/h3-6,11H,7-8,10H2,1-2H3. The molecule has 0 N–H and O–H groups in total. The Balaban J connectivity index is 2.34. The van der Waals surface area contributed by atoms with E-state index in [0.29, 0.717) is 0 Å². The van der Waals surface area contributed by atoms with Crippen LogP contribution in [-0.4, -0.2) is 12.1 Å². The van der Waals surface area contributed by atoms with Gasteiger partial charge >= 0.3 is 0 Å². The highest BCUT2D eigenvalue weighted by Gasteiger charge is 2.35. The van der Waals surface area contributed by atoms with Crippen LogP contribution in [0.5, 0.6) is 0 Å². The third-order valence-corrected chi connectivity index (χ3v) is 3.88. The van der Waals surface area contributed by atoms with Crippen molar-refractivity contribution in [1.82, 2.24) is 0 Å². The van der Waals surface area contributed by atoms with Gasteiger partial charge in [0.1, 0.15) is 0 Å². The number of halogens is 1. The third kappa shape index (κ3) is 2.40. The van der Waals surface area contributed by atoms with Gasteiger partial charge in [0, 0.05) is 12.1 Å². The van der Waals surface area contributed by atoms with Gasteiger partial charge in [-0.3, -0.25) is 0 Å². The molecule has 0 spiro atoms. The largest absolute Gasteiger partial charge is 0.364 e. The predicted octanol–water partition coefficient (Wildman–Crippen LogP) is 3.86. The first-order valence-electron chi connectivity index (χ1n) is 5.96. The van der Waals surface area contributed by atoms with E-state index in [1.54, 1.807) is 0 Å². The summed E-state index contributed by atoms with van der Waals surface area (Å²) < 4.78 is 0. The lowest BCUT2D eigenvalue weighted by atomic mass is 9.85. The van der Waals surface area contributed by atoms with Crippen molar-refractivity contribution in [3.8, 4) is 6.07 Å². The van der Waals surface area contributed by atoms with E-state index in [9.17, 15) is 0 Å². The lowest BCUT2D eigenvalue weighted by Gasteiger charge is -2.46. The molecule has 0 amide bonds. The Kier molecular flexibility index (Phi) is 3.31. The Labute approximate surface area is 108 Å². The Morgan fingerprint density at radius 2 is 2.12 bits per heavy atom. The maximum atomic E-state index is 9.09. The molecule has 1 heterocycles. The number of benzene rings is 1. The lowest BCUT2D eigenvalue weighted by Crippen LogP contribution is -2.50. The van der Waals surface area contributed by atoms with Crippen LogP contribution in [0.1, 0.15) is 26.7 Å². The Bertz CT molecular complexity index is 448. The normalized spacial score (nSPS) is 23.2. The van der Waals surface area contributed by atoms with E-state index in [1.165, 1.54) is 0 Å². The fraction of sp³-hybridized carbons (Fsp3) is 0.500. The molecule has 1 unspecified atom stereocenters. The number of anilines is 1. The summed E-state index contributed by atoms with van der Waals surface area (Å²) in [5.41, 5.74) is 1.11. The van der Waals surface area contributed by atoms with Crippen molar-refractivity contribution in [2.75, 3.05) is 11.4 Å². The second-order valence-corrected chi connectivity index (χ2v) is 5.65. The van der Waals surface area contributed by atoms with Crippen LogP contribution in [0, 0.1) is 17.2 Å². The smallest absolute Gasteiger partial charge is 0.0674 e. The summed E-state index contributed by atoms with van der Waals surface area (Å²) in [7, 11) is 0. The zero-order chi connectivity index (χ0) is 12.5. The maximum Gasteiger partial charge on any atom is 0.0674 e. The van der Waals surface area contributed by atoms with Crippen LogP contribution < -0.4 is 4.90 Å². The molecule has 0 radical (unpaired) electrons. The molecule has 1 aliphatic heterocycles. The van der Waals surface area contributed by atoms with E-state index >= 15 is 0 Å². The number of hydrogen-bond acceptors (Lipinski definition) is 2. The summed E-state index contributed by atoms with van der Waals surface area (Å²) in [5, 5.41) is 9.85. The zero-order valence-electron chi connectivity index (χ0n) is 10.3. The molecule has 0 aliphatic carbocycles. The minimum absolute atomic E-state index is 0.0678. The Morgan fingerprint density at radius 3 is 2.76 bits per heavy atom. The molecule has 1 atom stereocenters. The molecular formula is C14H17ClN2. The van der Waals surface area contributed by atoms with E-state index in [1.807, 2.05) is 24.3 Å². The van der Waals surface area contributed by atoms with Crippen molar-refractivity contribution in [3.63, 3.8) is 0 Å². The number of rotatable bonds is 1. The second kappa shape index (κ2) is 4.58. The van der Waals surface area contributed by atoms with Crippen LogP contribution in [0.15, 0.2) is 24.3 Å². The maximum absolute atomic E-state index is 9.09. The monoisotopic (exact) mass is 248 g/mol. The van der Waals surface area contributed by atoms with Gasteiger partial charge in [-0.2, -0.15) is 5.26 Å². The first-order valence-corrected chi connectivity index (χ1v) is 6.34. The fourth-order valence-electron chi connectivity index (χ4n) is 2.42. The van der Waals surface area contributed by atoms with E-state index in [2.05, 4.69) is 24.8 Å². The molecule has 2 rings (SSSR count). The van der Waals surface area contributed by atoms with Gasteiger partial charge in [0.15, 0.2) is 0 Å². The van der Waals surface area contributed by atoms with Gasteiger partial charge in [-0.15, -0.1) is 0 Å². The van der Waals surface area contributed by atoms with E-state index in [-0.39, 0.29) is 11.5 Å². The van der Waals surface area contributed by atoms with E-state index in [4.69, 9.17) is 16.9 Å². The van der Waals surface area contributed by atoms with Gasteiger partial charge < -0.3 is 4.90 Å². The van der Waals surface area contributed by atoms with Crippen LogP contribution in [0.2, 0.25) is 5.02 Å². The number of nitriles is 1. The van der Waals surface area contributed by atoms with Crippen molar-refractivity contribution in [3.05, 3.63) is 29.3 Å². The van der Waals surface area contributed by atoms with E-state index in [0.717, 1.165) is 30.1 Å². The van der Waals surface area contributed by atoms with Gasteiger partial charge in [0.05, 0.1) is 22.7 Å². The summed E-state index contributed by atoms with van der Waals surface area (Å²) in [5.74, 6) is 0.110. The molecule has 2 nitrogen and oxygen atoms in total. The highest BCUT2D eigenvalue weighted by atomic mass is 35.5. The lowest BCUT2D eigenvalue weighted by molar-refractivity contribution is 0.325. The van der Waals surface area contributed by atoms with Gasteiger partial charge in [0.2, 0.25) is 0 Å². The summed E-state index contributed by atoms with van der Waals surface area (Å²) in [6.07, 6.45) is 2.00. The number of para-hydroxylation sites is 1. The van der Waals surface area contributed by atoms with Crippen LogP contribution in [-0.2, 0) is 0 Å². The van der Waals surface area contributed by atoms with Crippen molar-refractivity contribution >= 4 is 17.3 Å². The molecule has 0 saturated carbocycles. The minimum atomic E-state index is 0.0678. The van der Waals surface area contributed by atoms with Crippen molar-refractivity contribution < 1.29 is 0 Å². The summed E-state index contributed by atoms with van der Waals surface area (Å²) in [6, 6.07) is 10.2. The Hall–Kier alpha value is -1.20. The molecule has 1 saturated heterocycles. The molecule has 0 bridgehead atoms. The predicted molar refractivity (Wildman–Crippen MR) is 71.2 cm³/mol. The number of hydrogen-bond donors (Lipinski definition) is 0. The molecular weight excluding hydrogens is 232 g/mol. The van der Waals surface area contributed by atoms with E-state index < -0.39 is 0 Å². The first-order chi connectivity index (χ1) is 8.04. The third-order valence-electron chi connectivity index (χ3n) is 3.56. The van der Waals surface area contributed by atoms with Gasteiger partial charge in [0.25, 0.3) is 0 Å².